The van der Waals surface area contributed by atoms with Crippen LogP contribution in [0.15, 0.2) is 18.2 Å². The Bertz CT molecular complexity index is 436. The van der Waals surface area contributed by atoms with E-state index in [1.54, 1.807) is 26.4 Å². The maximum atomic E-state index is 12.5. The van der Waals surface area contributed by atoms with Crippen molar-refractivity contribution in [3.8, 4) is 11.5 Å². The lowest BCUT2D eigenvalue weighted by atomic mass is 9.83. The van der Waals surface area contributed by atoms with Gasteiger partial charge in [-0.1, -0.05) is 33.8 Å². The van der Waals surface area contributed by atoms with Crippen LogP contribution in [-0.4, -0.2) is 20.0 Å². The van der Waals surface area contributed by atoms with Crippen LogP contribution in [-0.2, 0) is 0 Å². The topological polar surface area (TPSA) is 35.5 Å². The number of benzene rings is 1. The number of Topliss-reactive ketones (excluding diaryl/α,β-unsaturated/α-hetero) is 1. The van der Waals surface area contributed by atoms with Gasteiger partial charge in [0.1, 0.15) is 17.1 Å². The third-order valence-corrected chi connectivity index (χ3v) is 3.20. The molecule has 112 valence electrons. The summed E-state index contributed by atoms with van der Waals surface area (Å²) in [5.41, 5.74) is 0.781. The van der Waals surface area contributed by atoms with E-state index in [0.29, 0.717) is 29.4 Å². The Kier molecular flexibility index (Phi) is 5.61. The number of methoxy groups -OCH3 is 2. The second-order valence-corrected chi connectivity index (χ2v) is 6.53. The highest BCUT2D eigenvalue weighted by atomic mass is 16.5. The van der Waals surface area contributed by atoms with Gasteiger partial charge in [-0.2, -0.15) is 0 Å². The molecule has 0 aliphatic heterocycles. The van der Waals surface area contributed by atoms with Gasteiger partial charge in [0, 0.05) is 6.42 Å². The predicted octanol–water partition coefficient (Wildman–Crippen LogP) is 4.35. The third kappa shape index (κ3) is 4.55. The number of ketones is 1. The van der Waals surface area contributed by atoms with E-state index in [1.165, 1.54) is 0 Å². The van der Waals surface area contributed by atoms with Crippen LogP contribution in [0.5, 0.6) is 11.5 Å². The second-order valence-electron chi connectivity index (χ2n) is 6.53. The molecule has 0 N–H and O–H groups in total. The summed E-state index contributed by atoms with van der Waals surface area (Å²) in [5, 5.41) is 0. The van der Waals surface area contributed by atoms with Gasteiger partial charge >= 0.3 is 0 Å². The van der Waals surface area contributed by atoms with Gasteiger partial charge in [0.05, 0.1) is 14.2 Å². The zero-order chi connectivity index (χ0) is 15.3. The summed E-state index contributed by atoms with van der Waals surface area (Å²) in [4.78, 5) is 12.5. The van der Waals surface area contributed by atoms with E-state index in [-0.39, 0.29) is 11.2 Å². The molecule has 0 saturated carbocycles. The van der Waals surface area contributed by atoms with Gasteiger partial charge in [-0.25, -0.2) is 0 Å². The summed E-state index contributed by atoms with van der Waals surface area (Å²) in [5.74, 6) is 1.57. The molecule has 0 radical (unpaired) electrons. The maximum Gasteiger partial charge on any atom is 0.170 e. The van der Waals surface area contributed by atoms with Crippen LogP contribution in [0.2, 0.25) is 0 Å². The Labute approximate surface area is 122 Å². The molecule has 0 heterocycles. The molecule has 0 aliphatic rings. The average molecular weight is 278 g/mol. The standard InChI is InChI=1S/C17H26O3/c1-12(11-17(2,3)4)10-13(18)16-14(19-5)8-7-9-15(16)20-6/h7-9,12H,10-11H2,1-6H3. The summed E-state index contributed by atoms with van der Waals surface area (Å²) in [6.07, 6.45) is 1.52. The van der Waals surface area contributed by atoms with Crippen molar-refractivity contribution in [2.45, 2.75) is 40.5 Å². The number of carbonyl (C=O) groups excluding carboxylic acids is 1. The van der Waals surface area contributed by atoms with E-state index in [9.17, 15) is 4.79 Å². The Morgan fingerprint density at radius 3 is 2.05 bits per heavy atom. The van der Waals surface area contributed by atoms with Crippen molar-refractivity contribution in [2.75, 3.05) is 14.2 Å². The van der Waals surface area contributed by atoms with Gasteiger partial charge in [0.15, 0.2) is 5.78 Å². The smallest absolute Gasteiger partial charge is 0.170 e. The van der Waals surface area contributed by atoms with Gasteiger partial charge in [-0.05, 0) is 29.9 Å². The minimum atomic E-state index is 0.0797. The van der Waals surface area contributed by atoms with Gasteiger partial charge in [-0.3, -0.25) is 4.79 Å². The van der Waals surface area contributed by atoms with E-state index in [2.05, 4.69) is 27.7 Å². The molecule has 1 atom stereocenters. The zero-order valence-corrected chi connectivity index (χ0v) is 13.4. The van der Waals surface area contributed by atoms with Crippen LogP contribution < -0.4 is 9.47 Å². The number of hydrogen-bond donors (Lipinski definition) is 0. The lowest BCUT2D eigenvalue weighted by Gasteiger charge is -2.23. The summed E-state index contributed by atoms with van der Waals surface area (Å²) in [6.45, 7) is 8.69. The summed E-state index contributed by atoms with van der Waals surface area (Å²) < 4.78 is 10.6. The number of rotatable bonds is 6. The van der Waals surface area contributed by atoms with Gasteiger partial charge in [0.2, 0.25) is 0 Å². The molecule has 0 spiro atoms. The van der Waals surface area contributed by atoms with Crippen molar-refractivity contribution in [1.29, 1.82) is 0 Å². The normalized spacial score (nSPS) is 12.9. The number of ether oxygens (including phenoxy) is 2. The Balaban J connectivity index is 2.92. The first-order valence-corrected chi connectivity index (χ1v) is 7.02. The van der Waals surface area contributed by atoms with Crippen molar-refractivity contribution in [3.05, 3.63) is 23.8 Å². The molecule has 1 aromatic rings. The summed E-state index contributed by atoms with van der Waals surface area (Å²) in [7, 11) is 3.15. The highest BCUT2D eigenvalue weighted by Crippen LogP contribution is 2.32. The molecule has 0 bridgehead atoms. The van der Waals surface area contributed by atoms with Gasteiger partial charge < -0.3 is 9.47 Å². The zero-order valence-electron chi connectivity index (χ0n) is 13.4. The Morgan fingerprint density at radius 1 is 1.15 bits per heavy atom. The molecule has 0 fully saturated rings. The fraction of sp³-hybridized carbons (Fsp3) is 0.588. The van der Waals surface area contributed by atoms with Crippen LogP contribution >= 0.6 is 0 Å². The van der Waals surface area contributed by atoms with E-state index in [4.69, 9.17) is 9.47 Å². The molecule has 1 rings (SSSR count). The molecule has 0 saturated heterocycles. The molecule has 20 heavy (non-hydrogen) atoms. The molecule has 1 unspecified atom stereocenters. The fourth-order valence-electron chi connectivity index (χ4n) is 2.66. The molecule has 0 aromatic heterocycles. The van der Waals surface area contributed by atoms with Crippen molar-refractivity contribution in [3.63, 3.8) is 0 Å². The van der Waals surface area contributed by atoms with E-state index >= 15 is 0 Å². The highest BCUT2D eigenvalue weighted by molar-refractivity contribution is 6.01. The molecule has 3 nitrogen and oxygen atoms in total. The molecular weight excluding hydrogens is 252 g/mol. The first-order chi connectivity index (χ1) is 9.28. The van der Waals surface area contributed by atoms with Crippen LogP contribution in [0.25, 0.3) is 0 Å². The van der Waals surface area contributed by atoms with E-state index in [1.807, 2.05) is 6.07 Å². The number of hydrogen-bond acceptors (Lipinski definition) is 3. The Hall–Kier alpha value is -1.51. The first kappa shape index (κ1) is 16.5. The van der Waals surface area contributed by atoms with Crippen molar-refractivity contribution in [1.82, 2.24) is 0 Å². The van der Waals surface area contributed by atoms with E-state index < -0.39 is 0 Å². The monoisotopic (exact) mass is 278 g/mol. The third-order valence-electron chi connectivity index (χ3n) is 3.20. The first-order valence-electron chi connectivity index (χ1n) is 7.02. The summed E-state index contributed by atoms with van der Waals surface area (Å²) in [6, 6.07) is 5.42. The van der Waals surface area contributed by atoms with Crippen LogP contribution in [0.3, 0.4) is 0 Å². The lowest BCUT2D eigenvalue weighted by Crippen LogP contribution is -2.15. The maximum absolute atomic E-state index is 12.5. The van der Waals surface area contributed by atoms with Crippen molar-refractivity contribution < 1.29 is 14.3 Å². The van der Waals surface area contributed by atoms with Crippen LogP contribution in [0.4, 0.5) is 0 Å². The summed E-state index contributed by atoms with van der Waals surface area (Å²) >= 11 is 0. The Morgan fingerprint density at radius 2 is 1.65 bits per heavy atom. The molecule has 3 heteroatoms. The van der Waals surface area contributed by atoms with Crippen LogP contribution in [0, 0.1) is 11.3 Å². The minimum absolute atomic E-state index is 0.0797. The van der Waals surface area contributed by atoms with Gasteiger partial charge in [0.25, 0.3) is 0 Å². The second kappa shape index (κ2) is 6.78. The molecule has 0 aliphatic carbocycles. The largest absolute Gasteiger partial charge is 0.496 e. The lowest BCUT2D eigenvalue weighted by molar-refractivity contribution is 0.0948. The van der Waals surface area contributed by atoms with Crippen LogP contribution in [0.1, 0.15) is 50.9 Å². The molecule has 0 amide bonds. The highest BCUT2D eigenvalue weighted by Gasteiger charge is 2.22. The van der Waals surface area contributed by atoms with E-state index in [0.717, 1.165) is 6.42 Å². The molecule has 1 aromatic carbocycles. The quantitative estimate of drug-likeness (QED) is 0.726. The predicted molar refractivity (Wildman–Crippen MR) is 81.7 cm³/mol. The van der Waals surface area contributed by atoms with Crippen molar-refractivity contribution >= 4 is 5.78 Å². The number of carbonyl (C=O) groups is 1. The molecular formula is C17H26O3. The fourth-order valence-corrected chi connectivity index (χ4v) is 2.66. The average Bonchev–Trinajstić information content (AvgIpc) is 2.35. The van der Waals surface area contributed by atoms with Gasteiger partial charge in [-0.15, -0.1) is 0 Å². The minimum Gasteiger partial charge on any atom is -0.496 e. The SMILES string of the molecule is COc1cccc(OC)c1C(=O)CC(C)CC(C)(C)C. The van der Waals surface area contributed by atoms with Crippen molar-refractivity contribution in [2.24, 2.45) is 11.3 Å².